The molecule has 2 aromatic heterocycles. The fraction of sp³-hybridized carbons (Fsp3) is 0.429. The van der Waals surface area contributed by atoms with Crippen molar-refractivity contribution in [3.8, 4) is 22.5 Å². The summed E-state index contributed by atoms with van der Waals surface area (Å²) < 4.78 is 4.13. The average Bonchev–Trinajstić information content (AvgIpc) is 3.20. The van der Waals surface area contributed by atoms with E-state index >= 15 is 0 Å². The van der Waals surface area contributed by atoms with Gasteiger partial charge in [0.2, 0.25) is 0 Å². The maximum atomic E-state index is 9.46. The lowest BCUT2D eigenvalue weighted by molar-refractivity contribution is 0.146. The number of aromatic nitrogens is 4. The number of imidazole rings is 1. The van der Waals surface area contributed by atoms with E-state index in [2.05, 4.69) is 42.5 Å². The number of nitrogens with zero attached hydrogens (tertiary/aromatic N) is 4. The topological polar surface area (TPSA) is 55.9 Å². The molecule has 5 nitrogen and oxygen atoms in total. The Balaban J connectivity index is 1.93. The highest BCUT2D eigenvalue weighted by Crippen LogP contribution is 2.34. The molecule has 0 saturated carbocycles. The highest BCUT2D eigenvalue weighted by molar-refractivity contribution is 5.80. The van der Waals surface area contributed by atoms with Crippen LogP contribution in [0.1, 0.15) is 32.4 Å². The van der Waals surface area contributed by atoms with Crippen LogP contribution >= 0.6 is 0 Å². The number of hydrogen-bond donors (Lipinski definition) is 1. The Hall–Kier alpha value is -2.40. The van der Waals surface area contributed by atoms with E-state index in [1.165, 1.54) is 0 Å². The van der Waals surface area contributed by atoms with Crippen LogP contribution in [-0.2, 0) is 13.6 Å². The molecule has 0 saturated heterocycles. The maximum Gasteiger partial charge on any atom is 0.102 e. The Bertz CT molecular complexity index is 862. The molecule has 0 fully saturated rings. The first-order chi connectivity index (χ1) is 12.4. The van der Waals surface area contributed by atoms with E-state index in [-0.39, 0.29) is 12.0 Å². The van der Waals surface area contributed by atoms with Crippen LogP contribution in [0.15, 0.2) is 42.9 Å². The first kappa shape index (κ1) is 18.4. The summed E-state index contributed by atoms with van der Waals surface area (Å²) in [7, 11) is 1.98. The summed E-state index contributed by atoms with van der Waals surface area (Å²) >= 11 is 0. The van der Waals surface area contributed by atoms with Crippen molar-refractivity contribution < 1.29 is 5.11 Å². The Morgan fingerprint density at radius 2 is 1.88 bits per heavy atom. The third-order valence-corrected chi connectivity index (χ3v) is 5.03. The van der Waals surface area contributed by atoms with Gasteiger partial charge in [-0.25, -0.2) is 4.98 Å². The van der Waals surface area contributed by atoms with Gasteiger partial charge in [-0.15, -0.1) is 0 Å². The summed E-state index contributed by atoms with van der Waals surface area (Å²) in [5, 5.41) is 14.2. The SMILES string of the molecule is Cc1c(-c2cncn2CCCC(C)(C)CO)c(-c2ccccc2)nn1C. The van der Waals surface area contributed by atoms with Crippen molar-refractivity contribution in [2.75, 3.05) is 6.61 Å². The molecule has 0 spiro atoms. The van der Waals surface area contributed by atoms with Gasteiger partial charge < -0.3 is 9.67 Å². The minimum Gasteiger partial charge on any atom is -0.396 e. The van der Waals surface area contributed by atoms with Gasteiger partial charge in [-0.05, 0) is 25.2 Å². The lowest BCUT2D eigenvalue weighted by Crippen LogP contribution is -2.17. The van der Waals surface area contributed by atoms with E-state index in [0.717, 1.165) is 47.6 Å². The van der Waals surface area contributed by atoms with Crippen molar-refractivity contribution in [1.82, 2.24) is 19.3 Å². The second-order valence-corrected chi connectivity index (χ2v) is 7.70. The van der Waals surface area contributed by atoms with Crippen LogP contribution in [0.2, 0.25) is 0 Å². The zero-order valence-electron chi connectivity index (χ0n) is 16.1. The Kier molecular flexibility index (Phi) is 5.28. The van der Waals surface area contributed by atoms with Gasteiger partial charge in [0.25, 0.3) is 0 Å². The summed E-state index contributed by atoms with van der Waals surface area (Å²) in [5.41, 5.74) is 5.42. The summed E-state index contributed by atoms with van der Waals surface area (Å²) in [6, 6.07) is 10.3. The molecular formula is C21H28N4O. The molecule has 2 heterocycles. The standard InChI is InChI=1S/C21H28N4O/c1-16-19(20(23-24(16)4)17-9-6-5-7-10-17)18-13-22-15-25(18)12-8-11-21(2,3)14-26/h5-7,9-10,13,15,26H,8,11-12,14H2,1-4H3. The molecule has 138 valence electrons. The first-order valence-corrected chi connectivity index (χ1v) is 9.13. The molecule has 5 heteroatoms. The fourth-order valence-corrected chi connectivity index (χ4v) is 3.23. The van der Waals surface area contributed by atoms with Crippen LogP contribution < -0.4 is 0 Å². The van der Waals surface area contributed by atoms with Gasteiger partial charge in [0, 0.05) is 37.0 Å². The molecule has 3 aromatic rings. The Morgan fingerprint density at radius 1 is 1.15 bits per heavy atom. The van der Waals surface area contributed by atoms with Crippen molar-refractivity contribution in [3.05, 3.63) is 48.5 Å². The smallest absolute Gasteiger partial charge is 0.102 e. The van der Waals surface area contributed by atoms with Crippen LogP contribution in [0, 0.1) is 12.3 Å². The lowest BCUT2D eigenvalue weighted by Gasteiger charge is -2.21. The minimum atomic E-state index is -0.0415. The van der Waals surface area contributed by atoms with Gasteiger partial charge in [-0.1, -0.05) is 44.2 Å². The highest BCUT2D eigenvalue weighted by Gasteiger charge is 2.20. The second kappa shape index (κ2) is 7.46. The molecule has 0 amide bonds. The number of hydrogen-bond acceptors (Lipinski definition) is 3. The van der Waals surface area contributed by atoms with Gasteiger partial charge >= 0.3 is 0 Å². The number of aliphatic hydroxyl groups excluding tert-OH is 1. The Labute approximate surface area is 155 Å². The number of aryl methyl sites for hydroxylation is 2. The van der Waals surface area contributed by atoms with Crippen LogP contribution in [0.4, 0.5) is 0 Å². The molecule has 0 aliphatic rings. The molecule has 26 heavy (non-hydrogen) atoms. The van der Waals surface area contributed by atoms with Crippen molar-refractivity contribution in [2.24, 2.45) is 12.5 Å². The van der Waals surface area contributed by atoms with E-state index in [9.17, 15) is 5.11 Å². The van der Waals surface area contributed by atoms with Crippen molar-refractivity contribution >= 4 is 0 Å². The third kappa shape index (κ3) is 3.73. The van der Waals surface area contributed by atoms with Crippen LogP contribution in [-0.4, -0.2) is 31.0 Å². The molecule has 0 bridgehead atoms. The van der Waals surface area contributed by atoms with Gasteiger partial charge in [0.05, 0.1) is 18.2 Å². The van der Waals surface area contributed by atoms with Gasteiger partial charge in [-0.2, -0.15) is 5.10 Å². The summed E-state index contributed by atoms with van der Waals surface area (Å²) in [4.78, 5) is 4.40. The molecule has 0 aliphatic carbocycles. The number of aliphatic hydroxyl groups is 1. The average molecular weight is 352 g/mol. The summed E-state index contributed by atoms with van der Waals surface area (Å²) in [5.74, 6) is 0. The monoisotopic (exact) mass is 352 g/mol. The third-order valence-electron chi connectivity index (χ3n) is 5.03. The predicted molar refractivity (Wildman–Crippen MR) is 105 cm³/mol. The van der Waals surface area contributed by atoms with Crippen molar-refractivity contribution in [1.29, 1.82) is 0 Å². The molecular weight excluding hydrogens is 324 g/mol. The van der Waals surface area contributed by atoms with Gasteiger partial charge in [-0.3, -0.25) is 4.68 Å². The van der Waals surface area contributed by atoms with E-state index in [1.54, 1.807) is 0 Å². The molecule has 0 atom stereocenters. The van der Waals surface area contributed by atoms with E-state index in [4.69, 9.17) is 5.10 Å². The molecule has 1 N–H and O–H groups in total. The van der Waals surface area contributed by atoms with E-state index < -0.39 is 0 Å². The van der Waals surface area contributed by atoms with Crippen LogP contribution in [0.3, 0.4) is 0 Å². The summed E-state index contributed by atoms with van der Waals surface area (Å²) in [6.45, 7) is 7.38. The van der Waals surface area contributed by atoms with Crippen LogP contribution in [0.5, 0.6) is 0 Å². The van der Waals surface area contributed by atoms with Gasteiger partial charge in [0.1, 0.15) is 5.69 Å². The Morgan fingerprint density at radius 3 is 2.58 bits per heavy atom. The van der Waals surface area contributed by atoms with Crippen molar-refractivity contribution in [3.63, 3.8) is 0 Å². The number of rotatable bonds is 7. The second-order valence-electron chi connectivity index (χ2n) is 7.70. The van der Waals surface area contributed by atoms with Crippen LogP contribution in [0.25, 0.3) is 22.5 Å². The van der Waals surface area contributed by atoms with Gasteiger partial charge in [0.15, 0.2) is 0 Å². The van der Waals surface area contributed by atoms with E-state index in [0.29, 0.717) is 0 Å². The largest absolute Gasteiger partial charge is 0.396 e. The number of benzene rings is 1. The fourth-order valence-electron chi connectivity index (χ4n) is 3.23. The zero-order chi connectivity index (χ0) is 18.7. The molecule has 0 unspecified atom stereocenters. The highest BCUT2D eigenvalue weighted by atomic mass is 16.3. The minimum absolute atomic E-state index is 0.0415. The normalized spacial score (nSPS) is 11.9. The molecule has 0 aliphatic heterocycles. The summed E-state index contributed by atoms with van der Waals surface area (Å²) in [6.07, 6.45) is 5.78. The lowest BCUT2D eigenvalue weighted by atomic mass is 9.89. The quantitative estimate of drug-likeness (QED) is 0.698. The zero-order valence-corrected chi connectivity index (χ0v) is 16.1. The molecule has 0 radical (unpaired) electrons. The van der Waals surface area contributed by atoms with Crippen molar-refractivity contribution in [2.45, 2.75) is 40.2 Å². The van der Waals surface area contributed by atoms with E-state index in [1.807, 2.05) is 42.5 Å². The molecule has 1 aromatic carbocycles. The first-order valence-electron chi connectivity index (χ1n) is 9.13. The maximum absolute atomic E-state index is 9.46. The predicted octanol–water partition coefficient (Wildman–Crippen LogP) is 4.06. The molecule has 3 rings (SSSR count).